The lowest BCUT2D eigenvalue weighted by Crippen LogP contribution is -2.23. The molecule has 1 unspecified atom stereocenters. The predicted molar refractivity (Wildman–Crippen MR) is 85.9 cm³/mol. The highest BCUT2D eigenvalue weighted by molar-refractivity contribution is 9.10. The topological polar surface area (TPSA) is 47.1 Å². The summed E-state index contributed by atoms with van der Waals surface area (Å²) in [6, 6.07) is 4.25. The molecular weight excluding hydrogens is 359 g/mol. The van der Waals surface area contributed by atoms with Gasteiger partial charge in [0.05, 0.1) is 34.0 Å². The van der Waals surface area contributed by atoms with Crippen LogP contribution in [-0.4, -0.2) is 35.3 Å². The molecule has 0 saturated heterocycles. The van der Waals surface area contributed by atoms with Crippen molar-refractivity contribution < 1.29 is 4.39 Å². The van der Waals surface area contributed by atoms with E-state index in [1.165, 1.54) is 6.07 Å². The molecule has 0 aliphatic carbocycles. The maximum Gasteiger partial charge on any atom is 0.137 e. The minimum atomic E-state index is -0.459. The summed E-state index contributed by atoms with van der Waals surface area (Å²) in [5, 5.41) is 4.78. The van der Waals surface area contributed by atoms with Gasteiger partial charge in [0, 0.05) is 6.54 Å². The Kier molecular flexibility index (Phi) is 5.37. The SMILES string of the molecule is CN(C)CCn1ncc(Cl)c1C(N)c1ccc(F)c(Br)c1. The van der Waals surface area contributed by atoms with Gasteiger partial charge in [0.15, 0.2) is 0 Å². The molecule has 4 nitrogen and oxygen atoms in total. The van der Waals surface area contributed by atoms with Crippen LogP contribution in [0, 0.1) is 5.82 Å². The first kappa shape index (κ1) is 16.4. The summed E-state index contributed by atoms with van der Waals surface area (Å²) in [6.45, 7) is 1.51. The molecule has 0 amide bonds. The lowest BCUT2D eigenvalue weighted by atomic mass is 10.0. The Morgan fingerprint density at radius 3 is 2.81 bits per heavy atom. The summed E-state index contributed by atoms with van der Waals surface area (Å²) in [5.41, 5.74) is 7.79. The Balaban J connectivity index is 2.31. The highest BCUT2D eigenvalue weighted by Gasteiger charge is 2.19. The summed E-state index contributed by atoms with van der Waals surface area (Å²) in [4.78, 5) is 2.05. The van der Waals surface area contributed by atoms with Crippen molar-refractivity contribution in [1.82, 2.24) is 14.7 Å². The van der Waals surface area contributed by atoms with Gasteiger partial charge in [-0.15, -0.1) is 0 Å². The molecule has 1 heterocycles. The Hall–Kier alpha value is -0.950. The third kappa shape index (κ3) is 3.83. The normalized spacial score (nSPS) is 12.9. The first-order valence-corrected chi connectivity index (χ1v) is 7.63. The molecule has 2 rings (SSSR count). The van der Waals surface area contributed by atoms with E-state index in [4.69, 9.17) is 17.3 Å². The van der Waals surface area contributed by atoms with Crippen LogP contribution in [0.5, 0.6) is 0 Å². The number of likely N-dealkylation sites (N-methyl/N-ethyl adjacent to an activating group) is 1. The second-order valence-corrected chi connectivity index (χ2v) is 6.32. The highest BCUT2D eigenvalue weighted by atomic mass is 79.9. The summed E-state index contributed by atoms with van der Waals surface area (Å²) < 4.78 is 15.5. The van der Waals surface area contributed by atoms with Gasteiger partial charge in [-0.3, -0.25) is 4.68 Å². The van der Waals surface area contributed by atoms with Crippen molar-refractivity contribution in [3.8, 4) is 0 Å². The minimum absolute atomic E-state index is 0.321. The average molecular weight is 376 g/mol. The number of hydrogen-bond donors (Lipinski definition) is 1. The fourth-order valence-corrected chi connectivity index (χ4v) is 2.67. The van der Waals surface area contributed by atoms with Gasteiger partial charge in [-0.25, -0.2) is 4.39 Å². The van der Waals surface area contributed by atoms with Gasteiger partial charge in [-0.1, -0.05) is 17.7 Å². The monoisotopic (exact) mass is 374 g/mol. The van der Waals surface area contributed by atoms with E-state index in [9.17, 15) is 4.39 Å². The van der Waals surface area contributed by atoms with Gasteiger partial charge in [0.25, 0.3) is 0 Å². The maximum absolute atomic E-state index is 13.3. The Labute approximate surface area is 136 Å². The molecule has 21 heavy (non-hydrogen) atoms. The van der Waals surface area contributed by atoms with E-state index < -0.39 is 6.04 Å². The smallest absolute Gasteiger partial charge is 0.137 e. The van der Waals surface area contributed by atoms with E-state index in [0.29, 0.717) is 16.0 Å². The van der Waals surface area contributed by atoms with E-state index in [1.807, 2.05) is 14.1 Å². The van der Waals surface area contributed by atoms with Crippen LogP contribution in [-0.2, 0) is 6.54 Å². The lowest BCUT2D eigenvalue weighted by molar-refractivity contribution is 0.368. The van der Waals surface area contributed by atoms with Crippen LogP contribution < -0.4 is 5.73 Å². The predicted octanol–water partition coefficient (Wildman–Crippen LogP) is 3.05. The molecule has 0 saturated carbocycles. The van der Waals surface area contributed by atoms with Crippen molar-refractivity contribution in [1.29, 1.82) is 0 Å². The molecule has 0 aliphatic heterocycles. The number of halogens is 3. The molecule has 0 radical (unpaired) electrons. The van der Waals surface area contributed by atoms with Crippen LogP contribution >= 0.6 is 27.5 Å². The molecule has 1 atom stereocenters. The fraction of sp³-hybridized carbons (Fsp3) is 0.357. The third-order valence-electron chi connectivity index (χ3n) is 3.19. The summed E-state index contributed by atoms with van der Waals surface area (Å²) >= 11 is 9.39. The van der Waals surface area contributed by atoms with E-state index in [2.05, 4.69) is 25.9 Å². The van der Waals surface area contributed by atoms with Crippen LogP contribution in [0.3, 0.4) is 0 Å². The van der Waals surface area contributed by atoms with Gasteiger partial charge in [0.1, 0.15) is 5.82 Å². The van der Waals surface area contributed by atoms with Gasteiger partial charge < -0.3 is 10.6 Å². The van der Waals surface area contributed by atoms with Gasteiger partial charge in [-0.2, -0.15) is 5.10 Å². The van der Waals surface area contributed by atoms with Crippen LogP contribution in [0.4, 0.5) is 4.39 Å². The molecule has 0 bridgehead atoms. The summed E-state index contributed by atoms with van der Waals surface area (Å²) in [7, 11) is 3.98. The maximum atomic E-state index is 13.3. The van der Waals surface area contributed by atoms with E-state index in [1.54, 1.807) is 23.0 Å². The number of hydrogen-bond acceptors (Lipinski definition) is 3. The molecule has 0 spiro atoms. The number of nitrogens with zero attached hydrogens (tertiary/aromatic N) is 3. The van der Waals surface area contributed by atoms with E-state index in [-0.39, 0.29) is 5.82 Å². The second-order valence-electron chi connectivity index (χ2n) is 5.06. The molecule has 0 fully saturated rings. The largest absolute Gasteiger partial charge is 0.319 e. The quantitative estimate of drug-likeness (QED) is 0.874. The zero-order valence-corrected chi connectivity index (χ0v) is 14.2. The Morgan fingerprint density at radius 1 is 1.48 bits per heavy atom. The molecular formula is C14H17BrClFN4. The summed E-state index contributed by atoms with van der Waals surface area (Å²) in [5.74, 6) is -0.321. The number of aromatic nitrogens is 2. The van der Waals surface area contributed by atoms with Crippen molar-refractivity contribution in [2.75, 3.05) is 20.6 Å². The first-order valence-electron chi connectivity index (χ1n) is 6.46. The number of nitrogens with two attached hydrogens (primary N) is 1. The van der Waals surface area contributed by atoms with Crippen molar-refractivity contribution >= 4 is 27.5 Å². The van der Waals surface area contributed by atoms with Crippen molar-refractivity contribution in [2.45, 2.75) is 12.6 Å². The van der Waals surface area contributed by atoms with Crippen molar-refractivity contribution in [3.63, 3.8) is 0 Å². The average Bonchev–Trinajstić information content (AvgIpc) is 2.80. The second kappa shape index (κ2) is 6.87. The molecule has 2 aromatic rings. The van der Waals surface area contributed by atoms with E-state index in [0.717, 1.165) is 17.8 Å². The van der Waals surface area contributed by atoms with Crippen LogP contribution in [0.15, 0.2) is 28.9 Å². The molecule has 0 aliphatic rings. The van der Waals surface area contributed by atoms with Crippen LogP contribution in [0.1, 0.15) is 17.3 Å². The zero-order chi connectivity index (χ0) is 15.6. The zero-order valence-electron chi connectivity index (χ0n) is 11.9. The molecule has 1 aromatic heterocycles. The van der Waals surface area contributed by atoms with Gasteiger partial charge in [-0.05, 0) is 47.7 Å². The van der Waals surface area contributed by atoms with Gasteiger partial charge >= 0.3 is 0 Å². The standard InChI is InChI=1S/C14H17BrClFN4/c1-20(2)5-6-21-14(11(16)8-19-21)13(18)9-3-4-12(17)10(15)7-9/h3-4,7-8,13H,5-6,18H2,1-2H3. The number of benzene rings is 1. The van der Waals surface area contributed by atoms with Crippen molar-refractivity contribution in [2.24, 2.45) is 5.73 Å². The van der Waals surface area contributed by atoms with Crippen LogP contribution in [0.25, 0.3) is 0 Å². The summed E-state index contributed by atoms with van der Waals surface area (Å²) in [6.07, 6.45) is 1.59. The van der Waals surface area contributed by atoms with Crippen LogP contribution in [0.2, 0.25) is 5.02 Å². The molecule has 7 heteroatoms. The fourth-order valence-electron chi connectivity index (χ4n) is 2.02. The van der Waals surface area contributed by atoms with E-state index >= 15 is 0 Å². The third-order valence-corrected chi connectivity index (χ3v) is 4.09. The molecule has 2 N–H and O–H groups in total. The first-order chi connectivity index (χ1) is 9.90. The highest BCUT2D eigenvalue weighted by Crippen LogP contribution is 2.28. The molecule has 1 aromatic carbocycles. The van der Waals surface area contributed by atoms with Crippen molar-refractivity contribution in [3.05, 3.63) is 51.0 Å². The number of rotatable bonds is 5. The Bertz CT molecular complexity index is 629. The Morgan fingerprint density at radius 2 is 2.19 bits per heavy atom. The minimum Gasteiger partial charge on any atom is -0.319 e. The van der Waals surface area contributed by atoms with Gasteiger partial charge in [0.2, 0.25) is 0 Å². The lowest BCUT2D eigenvalue weighted by Gasteiger charge is -2.17. The molecule has 114 valence electrons.